The smallest absolute Gasteiger partial charge is 0.335 e. The Balaban J connectivity index is 2.92. The van der Waals surface area contributed by atoms with E-state index >= 15 is 0 Å². The molecule has 1 aromatic rings. The minimum atomic E-state index is -0.872. The van der Waals surface area contributed by atoms with Crippen LogP contribution < -0.4 is 0 Å². The van der Waals surface area contributed by atoms with Crippen LogP contribution in [0.15, 0.2) is 24.3 Å². The van der Waals surface area contributed by atoms with Crippen LogP contribution in [-0.4, -0.2) is 16.4 Å². The Morgan fingerprint density at radius 2 is 2.27 bits per heavy atom. The average Bonchev–Trinajstić information content (AvgIpc) is 2.20. The molecule has 0 amide bonds. The van der Waals surface area contributed by atoms with Crippen molar-refractivity contribution in [1.29, 1.82) is 0 Å². The van der Waals surface area contributed by atoms with Crippen LogP contribution in [0.1, 0.15) is 27.9 Å². The number of carboxylic acid groups (broad SMARTS) is 1. The second kappa shape index (κ2) is 5.71. The zero-order valence-electron chi connectivity index (χ0n) is 8.53. The Labute approximate surface area is 97.8 Å². The predicted octanol–water partition coefficient (Wildman–Crippen LogP) is 3.49. The van der Waals surface area contributed by atoms with Crippen LogP contribution in [0.25, 0.3) is 6.08 Å². The van der Waals surface area contributed by atoms with Gasteiger partial charge in [-0.05, 0) is 30.5 Å². The number of aromatic carboxylic acids is 1. The molecule has 3 heteroatoms. The zero-order chi connectivity index (χ0) is 11.3. The highest BCUT2D eigenvalue weighted by Gasteiger charge is 2.06. The van der Waals surface area contributed by atoms with E-state index in [1.165, 1.54) is 0 Å². The molecule has 0 atom stereocenters. The Kier molecular flexibility index (Phi) is 4.56. The summed E-state index contributed by atoms with van der Waals surface area (Å²) < 4.78 is 0. The fraction of sp³-hybridized carbons (Fsp3) is 0.250. The van der Waals surface area contributed by atoms with Gasteiger partial charge in [-0.25, -0.2) is 4.79 Å². The van der Waals surface area contributed by atoms with Crippen molar-refractivity contribution in [2.75, 3.05) is 5.33 Å². The topological polar surface area (TPSA) is 37.3 Å². The van der Waals surface area contributed by atoms with Crippen molar-refractivity contribution in [1.82, 2.24) is 0 Å². The van der Waals surface area contributed by atoms with Crippen LogP contribution in [0.4, 0.5) is 0 Å². The molecular weight excluding hydrogens is 256 g/mol. The first-order valence-electron chi connectivity index (χ1n) is 4.71. The van der Waals surface area contributed by atoms with Crippen LogP contribution in [0.2, 0.25) is 0 Å². The largest absolute Gasteiger partial charge is 0.478 e. The van der Waals surface area contributed by atoms with Gasteiger partial charge in [-0.3, -0.25) is 0 Å². The van der Waals surface area contributed by atoms with Crippen LogP contribution in [0, 0.1) is 6.92 Å². The zero-order valence-corrected chi connectivity index (χ0v) is 10.1. The molecule has 0 saturated heterocycles. The number of rotatable bonds is 4. The molecular formula is C12H13BrO2. The summed E-state index contributed by atoms with van der Waals surface area (Å²) in [6.45, 7) is 1.80. The number of alkyl halides is 1. The van der Waals surface area contributed by atoms with Gasteiger partial charge in [0, 0.05) is 5.33 Å². The molecule has 0 spiro atoms. The summed E-state index contributed by atoms with van der Waals surface area (Å²) >= 11 is 3.33. The molecule has 0 heterocycles. The van der Waals surface area contributed by atoms with E-state index in [4.69, 9.17) is 5.11 Å². The number of allylic oxidation sites excluding steroid dienone is 1. The third kappa shape index (κ3) is 3.51. The summed E-state index contributed by atoms with van der Waals surface area (Å²) in [5.41, 5.74) is 2.09. The summed E-state index contributed by atoms with van der Waals surface area (Å²) in [6, 6.07) is 5.45. The number of benzene rings is 1. The number of carboxylic acids is 1. The lowest BCUT2D eigenvalue weighted by molar-refractivity contribution is 0.0696. The minimum Gasteiger partial charge on any atom is -0.478 e. The molecule has 1 aromatic carbocycles. The number of carbonyl (C=O) groups is 1. The average molecular weight is 269 g/mol. The first kappa shape index (κ1) is 12.0. The molecule has 1 N–H and O–H groups in total. The van der Waals surface area contributed by atoms with Crippen molar-refractivity contribution < 1.29 is 9.90 Å². The maximum Gasteiger partial charge on any atom is 0.335 e. The Hall–Kier alpha value is -1.09. The van der Waals surface area contributed by atoms with Gasteiger partial charge in [-0.2, -0.15) is 0 Å². The molecule has 0 aliphatic rings. The SMILES string of the molecule is Cc1ccc(C=CCCBr)cc1C(=O)O. The lowest BCUT2D eigenvalue weighted by Crippen LogP contribution is -1.99. The predicted molar refractivity (Wildman–Crippen MR) is 65.6 cm³/mol. The standard InChI is InChI=1S/C12H13BrO2/c1-9-5-6-10(4-2-3-7-13)8-11(9)12(14)15/h2,4-6,8H,3,7H2,1H3,(H,14,15). The van der Waals surface area contributed by atoms with E-state index < -0.39 is 5.97 Å². The highest BCUT2D eigenvalue weighted by atomic mass is 79.9. The second-order valence-corrected chi connectivity index (χ2v) is 4.05. The van der Waals surface area contributed by atoms with Crippen LogP contribution >= 0.6 is 15.9 Å². The first-order valence-corrected chi connectivity index (χ1v) is 5.83. The van der Waals surface area contributed by atoms with E-state index in [0.717, 1.165) is 22.9 Å². The maximum atomic E-state index is 10.9. The fourth-order valence-corrected chi connectivity index (χ4v) is 1.52. The molecule has 2 nitrogen and oxygen atoms in total. The van der Waals surface area contributed by atoms with E-state index in [9.17, 15) is 4.79 Å². The quantitative estimate of drug-likeness (QED) is 0.849. The highest BCUT2D eigenvalue weighted by molar-refractivity contribution is 9.09. The number of halogens is 1. The van der Waals surface area contributed by atoms with Crippen molar-refractivity contribution in [3.8, 4) is 0 Å². The van der Waals surface area contributed by atoms with E-state index in [2.05, 4.69) is 15.9 Å². The van der Waals surface area contributed by atoms with Gasteiger partial charge in [-0.1, -0.05) is 40.2 Å². The van der Waals surface area contributed by atoms with Gasteiger partial charge in [0.05, 0.1) is 5.56 Å². The lowest BCUT2D eigenvalue weighted by Gasteiger charge is -2.01. The van der Waals surface area contributed by atoms with Gasteiger partial charge in [0.25, 0.3) is 0 Å². The normalized spacial score (nSPS) is 10.8. The van der Waals surface area contributed by atoms with Crippen molar-refractivity contribution in [2.45, 2.75) is 13.3 Å². The van der Waals surface area contributed by atoms with Gasteiger partial charge in [0.2, 0.25) is 0 Å². The molecule has 15 heavy (non-hydrogen) atoms. The van der Waals surface area contributed by atoms with Crippen molar-refractivity contribution in [2.24, 2.45) is 0 Å². The van der Waals surface area contributed by atoms with E-state index in [1.54, 1.807) is 13.0 Å². The minimum absolute atomic E-state index is 0.371. The summed E-state index contributed by atoms with van der Waals surface area (Å²) in [6.07, 6.45) is 4.90. The number of hydrogen-bond acceptors (Lipinski definition) is 1. The van der Waals surface area contributed by atoms with Crippen molar-refractivity contribution >= 4 is 28.0 Å². The Morgan fingerprint density at radius 1 is 1.53 bits per heavy atom. The van der Waals surface area contributed by atoms with E-state index in [0.29, 0.717) is 5.56 Å². The second-order valence-electron chi connectivity index (χ2n) is 3.26. The molecule has 0 aliphatic carbocycles. The third-order valence-corrected chi connectivity index (χ3v) is 2.54. The summed E-state index contributed by atoms with van der Waals surface area (Å²) in [5, 5.41) is 9.85. The molecule has 1 rings (SSSR count). The van der Waals surface area contributed by atoms with Gasteiger partial charge >= 0.3 is 5.97 Å². The van der Waals surface area contributed by atoms with E-state index in [1.807, 2.05) is 24.3 Å². The van der Waals surface area contributed by atoms with Gasteiger partial charge in [0.1, 0.15) is 0 Å². The molecule has 0 unspecified atom stereocenters. The van der Waals surface area contributed by atoms with Gasteiger partial charge in [-0.15, -0.1) is 0 Å². The fourth-order valence-electron chi connectivity index (χ4n) is 1.26. The number of aryl methyl sites for hydroxylation is 1. The third-order valence-electron chi connectivity index (χ3n) is 2.08. The summed E-state index contributed by atoms with van der Waals surface area (Å²) in [4.78, 5) is 10.9. The molecule has 80 valence electrons. The number of hydrogen-bond donors (Lipinski definition) is 1. The Morgan fingerprint density at radius 3 is 2.87 bits per heavy atom. The van der Waals surface area contributed by atoms with Crippen LogP contribution in [0.3, 0.4) is 0 Å². The summed E-state index contributed by atoms with van der Waals surface area (Å²) in [5.74, 6) is -0.872. The van der Waals surface area contributed by atoms with Gasteiger partial charge in [0.15, 0.2) is 0 Å². The van der Waals surface area contributed by atoms with Gasteiger partial charge < -0.3 is 5.11 Å². The molecule has 0 fully saturated rings. The molecule has 0 aromatic heterocycles. The van der Waals surface area contributed by atoms with Crippen molar-refractivity contribution in [3.05, 3.63) is 41.0 Å². The highest BCUT2D eigenvalue weighted by Crippen LogP contribution is 2.12. The van der Waals surface area contributed by atoms with Crippen LogP contribution in [-0.2, 0) is 0 Å². The van der Waals surface area contributed by atoms with Crippen molar-refractivity contribution in [3.63, 3.8) is 0 Å². The molecule has 0 saturated carbocycles. The Bertz CT molecular complexity index is 383. The van der Waals surface area contributed by atoms with Crippen LogP contribution in [0.5, 0.6) is 0 Å². The molecule has 0 bridgehead atoms. The maximum absolute atomic E-state index is 10.9. The summed E-state index contributed by atoms with van der Waals surface area (Å²) in [7, 11) is 0. The van der Waals surface area contributed by atoms with E-state index in [-0.39, 0.29) is 0 Å². The first-order chi connectivity index (χ1) is 7.15. The molecule has 0 aliphatic heterocycles. The molecule has 0 radical (unpaired) electrons. The lowest BCUT2D eigenvalue weighted by atomic mass is 10.0. The monoisotopic (exact) mass is 268 g/mol.